The highest BCUT2D eigenvalue weighted by atomic mass is 16.5. The summed E-state index contributed by atoms with van der Waals surface area (Å²) >= 11 is 0. The molecule has 1 aromatic carbocycles. The van der Waals surface area contributed by atoms with E-state index in [9.17, 15) is 0 Å². The van der Waals surface area contributed by atoms with E-state index >= 15 is 0 Å². The monoisotopic (exact) mass is 229 g/mol. The molecule has 0 unspecified atom stereocenters. The molecule has 0 radical (unpaired) electrons. The van der Waals surface area contributed by atoms with E-state index in [0.29, 0.717) is 0 Å². The van der Waals surface area contributed by atoms with Crippen molar-refractivity contribution < 1.29 is 4.74 Å². The number of H-pyrrole nitrogens is 1. The van der Waals surface area contributed by atoms with Crippen LogP contribution in [0.15, 0.2) is 24.3 Å². The molecule has 0 saturated heterocycles. The van der Waals surface area contributed by atoms with Gasteiger partial charge in [-0.25, -0.2) is 0 Å². The highest BCUT2D eigenvalue weighted by molar-refractivity contribution is 5.72. The van der Waals surface area contributed by atoms with E-state index in [2.05, 4.69) is 37.9 Å². The molecule has 17 heavy (non-hydrogen) atoms. The maximum Gasteiger partial charge on any atom is 0.119 e. The van der Waals surface area contributed by atoms with Crippen LogP contribution in [0.5, 0.6) is 5.75 Å². The number of rotatable bonds is 3. The van der Waals surface area contributed by atoms with E-state index in [1.54, 1.807) is 7.11 Å². The Kier molecular flexibility index (Phi) is 3.23. The molecule has 0 bridgehead atoms. The van der Waals surface area contributed by atoms with Gasteiger partial charge in [0.25, 0.3) is 0 Å². The molecule has 2 nitrogen and oxygen atoms in total. The molecular formula is C15H19NO. The lowest BCUT2D eigenvalue weighted by Crippen LogP contribution is -1.88. The van der Waals surface area contributed by atoms with Crippen LogP contribution in [0, 0.1) is 13.8 Å². The third-order valence-electron chi connectivity index (χ3n) is 3.22. The average Bonchev–Trinajstić information content (AvgIpc) is 2.63. The van der Waals surface area contributed by atoms with Gasteiger partial charge >= 0.3 is 0 Å². The number of aryl methyl sites for hydroxylation is 2. The molecule has 2 aromatic rings. The first kappa shape index (κ1) is 11.8. The minimum atomic E-state index is 0.905. The van der Waals surface area contributed by atoms with Crippen LogP contribution < -0.4 is 4.74 Å². The molecule has 0 aliphatic rings. The molecule has 1 heterocycles. The third-order valence-corrected chi connectivity index (χ3v) is 3.22. The SMILES string of the molecule is CCc1c(C)[nH]c(C)c1-c1cccc(OC)c1. The Morgan fingerprint density at radius 2 is 1.94 bits per heavy atom. The molecule has 2 heteroatoms. The van der Waals surface area contributed by atoms with Crippen molar-refractivity contribution in [1.82, 2.24) is 4.98 Å². The fourth-order valence-corrected chi connectivity index (χ4v) is 2.44. The van der Waals surface area contributed by atoms with Crippen LogP contribution in [0.4, 0.5) is 0 Å². The van der Waals surface area contributed by atoms with Crippen LogP contribution in [-0.4, -0.2) is 12.1 Å². The van der Waals surface area contributed by atoms with Gasteiger partial charge in [-0.05, 0) is 43.5 Å². The van der Waals surface area contributed by atoms with Gasteiger partial charge < -0.3 is 9.72 Å². The van der Waals surface area contributed by atoms with Crippen LogP contribution >= 0.6 is 0 Å². The molecule has 0 aliphatic heterocycles. The van der Waals surface area contributed by atoms with Gasteiger partial charge in [0.1, 0.15) is 5.75 Å². The summed E-state index contributed by atoms with van der Waals surface area (Å²) < 4.78 is 5.29. The van der Waals surface area contributed by atoms with E-state index in [1.165, 1.54) is 28.1 Å². The Labute approximate surface area is 103 Å². The quantitative estimate of drug-likeness (QED) is 0.849. The maximum absolute atomic E-state index is 5.29. The van der Waals surface area contributed by atoms with Gasteiger partial charge in [-0.2, -0.15) is 0 Å². The number of ether oxygens (including phenoxy) is 1. The van der Waals surface area contributed by atoms with Crippen molar-refractivity contribution in [1.29, 1.82) is 0 Å². The van der Waals surface area contributed by atoms with Crippen molar-refractivity contribution >= 4 is 0 Å². The molecule has 0 atom stereocenters. The average molecular weight is 229 g/mol. The van der Waals surface area contributed by atoms with Crippen molar-refractivity contribution in [3.63, 3.8) is 0 Å². The summed E-state index contributed by atoms with van der Waals surface area (Å²) in [7, 11) is 1.70. The molecule has 0 amide bonds. The summed E-state index contributed by atoms with van der Waals surface area (Å²) in [5, 5.41) is 0. The zero-order valence-corrected chi connectivity index (χ0v) is 10.9. The van der Waals surface area contributed by atoms with Gasteiger partial charge in [-0.1, -0.05) is 19.1 Å². The predicted molar refractivity (Wildman–Crippen MR) is 71.6 cm³/mol. The molecular weight excluding hydrogens is 210 g/mol. The van der Waals surface area contributed by atoms with Crippen LogP contribution in [-0.2, 0) is 6.42 Å². The van der Waals surface area contributed by atoms with E-state index in [1.807, 2.05) is 12.1 Å². The molecule has 90 valence electrons. The lowest BCUT2D eigenvalue weighted by molar-refractivity contribution is 0.415. The van der Waals surface area contributed by atoms with E-state index in [0.717, 1.165) is 12.2 Å². The summed E-state index contributed by atoms with van der Waals surface area (Å²) in [6, 6.07) is 8.24. The van der Waals surface area contributed by atoms with Crippen molar-refractivity contribution in [2.75, 3.05) is 7.11 Å². The predicted octanol–water partition coefficient (Wildman–Crippen LogP) is 3.87. The van der Waals surface area contributed by atoms with E-state index < -0.39 is 0 Å². The van der Waals surface area contributed by atoms with E-state index in [4.69, 9.17) is 4.74 Å². The highest BCUT2D eigenvalue weighted by Crippen LogP contribution is 2.32. The standard InChI is InChI=1S/C15H19NO/c1-5-14-10(2)16-11(3)15(14)12-7-6-8-13(9-12)17-4/h6-9,16H,5H2,1-4H3. The number of nitrogens with one attached hydrogen (secondary N) is 1. The number of hydrogen-bond donors (Lipinski definition) is 1. The van der Waals surface area contributed by atoms with Gasteiger partial charge in [0.2, 0.25) is 0 Å². The first-order valence-corrected chi connectivity index (χ1v) is 5.99. The zero-order valence-electron chi connectivity index (χ0n) is 10.9. The summed E-state index contributed by atoms with van der Waals surface area (Å²) in [5.41, 5.74) is 6.44. The third kappa shape index (κ3) is 2.07. The second kappa shape index (κ2) is 4.66. The summed E-state index contributed by atoms with van der Waals surface area (Å²) in [6.45, 7) is 6.45. The lowest BCUT2D eigenvalue weighted by Gasteiger charge is -2.07. The van der Waals surface area contributed by atoms with Gasteiger partial charge in [0.05, 0.1) is 7.11 Å². The minimum absolute atomic E-state index is 0.905. The Balaban J connectivity index is 2.59. The van der Waals surface area contributed by atoms with Gasteiger partial charge in [0, 0.05) is 17.0 Å². The fourth-order valence-electron chi connectivity index (χ4n) is 2.44. The Hall–Kier alpha value is -1.70. The van der Waals surface area contributed by atoms with E-state index in [-0.39, 0.29) is 0 Å². The van der Waals surface area contributed by atoms with Crippen molar-refractivity contribution in [2.24, 2.45) is 0 Å². The van der Waals surface area contributed by atoms with Crippen molar-refractivity contribution in [3.8, 4) is 16.9 Å². The smallest absolute Gasteiger partial charge is 0.119 e. The number of methoxy groups -OCH3 is 1. The van der Waals surface area contributed by atoms with Gasteiger partial charge in [0.15, 0.2) is 0 Å². The number of aromatic amines is 1. The number of aromatic nitrogens is 1. The van der Waals surface area contributed by atoms with Gasteiger partial charge in [-0.15, -0.1) is 0 Å². The molecule has 0 saturated carbocycles. The number of hydrogen-bond acceptors (Lipinski definition) is 1. The number of benzene rings is 1. The largest absolute Gasteiger partial charge is 0.497 e. The van der Waals surface area contributed by atoms with Crippen molar-refractivity contribution in [3.05, 3.63) is 41.2 Å². The normalized spacial score (nSPS) is 10.6. The second-order valence-corrected chi connectivity index (χ2v) is 4.31. The Morgan fingerprint density at radius 3 is 2.59 bits per heavy atom. The lowest BCUT2D eigenvalue weighted by atomic mass is 9.99. The zero-order chi connectivity index (χ0) is 12.4. The second-order valence-electron chi connectivity index (χ2n) is 4.31. The topological polar surface area (TPSA) is 25.0 Å². The molecule has 0 fully saturated rings. The summed E-state index contributed by atoms with van der Waals surface area (Å²) in [5.74, 6) is 0.905. The first-order valence-electron chi connectivity index (χ1n) is 5.99. The molecule has 1 N–H and O–H groups in total. The maximum atomic E-state index is 5.29. The van der Waals surface area contributed by atoms with Gasteiger partial charge in [-0.3, -0.25) is 0 Å². The molecule has 0 aliphatic carbocycles. The Bertz CT molecular complexity index is 526. The van der Waals surface area contributed by atoms with Crippen LogP contribution in [0.3, 0.4) is 0 Å². The minimum Gasteiger partial charge on any atom is -0.497 e. The fraction of sp³-hybridized carbons (Fsp3) is 0.333. The van der Waals surface area contributed by atoms with Crippen LogP contribution in [0.2, 0.25) is 0 Å². The van der Waals surface area contributed by atoms with Crippen molar-refractivity contribution in [2.45, 2.75) is 27.2 Å². The summed E-state index contributed by atoms with van der Waals surface area (Å²) in [6.07, 6.45) is 1.04. The van der Waals surface area contributed by atoms with Crippen LogP contribution in [0.1, 0.15) is 23.9 Å². The molecule has 1 aromatic heterocycles. The molecule has 0 spiro atoms. The van der Waals surface area contributed by atoms with Crippen LogP contribution in [0.25, 0.3) is 11.1 Å². The Morgan fingerprint density at radius 1 is 1.18 bits per heavy atom. The first-order chi connectivity index (χ1) is 8.17. The molecule has 2 rings (SSSR count). The summed E-state index contributed by atoms with van der Waals surface area (Å²) in [4.78, 5) is 3.42. The highest BCUT2D eigenvalue weighted by Gasteiger charge is 2.12.